The van der Waals surface area contributed by atoms with Crippen LogP contribution in [0.2, 0.25) is 0 Å². The van der Waals surface area contributed by atoms with Gasteiger partial charge in [-0.05, 0) is 65.4 Å². The Morgan fingerprint density at radius 2 is 1.72 bits per heavy atom. The maximum atomic E-state index is 12.2. The summed E-state index contributed by atoms with van der Waals surface area (Å²) in [6.45, 7) is 6.37. The van der Waals surface area contributed by atoms with E-state index in [1.54, 1.807) is 0 Å². The minimum atomic E-state index is -0.198. The zero-order valence-corrected chi connectivity index (χ0v) is 18.7. The molecule has 0 aliphatic rings. The molecule has 0 saturated heterocycles. The van der Waals surface area contributed by atoms with Crippen LogP contribution in [0.15, 0.2) is 71.1 Å². The maximum Gasteiger partial charge on any atom is 0.262 e. The molecule has 3 aromatic carbocycles. The number of carbonyl (C=O) groups excluding carboxylic acids is 1. The highest BCUT2D eigenvalue weighted by Gasteiger charge is 2.09. The third-order valence-corrected chi connectivity index (χ3v) is 5.41. The largest absolute Gasteiger partial charge is 0.484 e. The van der Waals surface area contributed by atoms with E-state index in [0.29, 0.717) is 24.0 Å². The number of aromatic nitrogens is 1. The molecule has 1 heterocycles. The summed E-state index contributed by atoms with van der Waals surface area (Å²) in [5.41, 5.74) is 5.97. The van der Waals surface area contributed by atoms with Gasteiger partial charge in [-0.3, -0.25) is 4.79 Å². The van der Waals surface area contributed by atoms with Gasteiger partial charge in [0, 0.05) is 12.1 Å². The van der Waals surface area contributed by atoms with E-state index in [4.69, 9.17) is 9.15 Å². The predicted molar refractivity (Wildman–Crippen MR) is 127 cm³/mol. The van der Waals surface area contributed by atoms with Gasteiger partial charge in [0.15, 0.2) is 18.1 Å². The number of ether oxygens (including phenoxy) is 1. The quantitative estimate of drug-likeness (QED) is 0.367. The van der Waals surface area contributed by atoms with Crippen molar-refractivity contribution in [1.82, 2.24) is 4.98 Å². The fourth-order valence-corrected chi connectivity index (χ4v) is 3.49. The lowest BCUT2D eigenvalue weighted by Crippen LogP contribution is -2.20. The molecule has 0 fully saturated rings. The number of nitrogens with one attached hydrogen (secondary N) is 1. The normalized spacial score (nSPS) is 11.1. The van der Waals surface area contributed by atoms with Crippen molar-refractivity contribution in [3.8, 4) is 5.75 Å². The van der Waals surface area contributed by atoms with Crippen molar-refractivity contribution in [2.24, 2.45) is 0 Å². The lowest BCUT2D eigenvalue weighted by molar-refractivity contribution is -0.118. The molecule has 0 radical (unpaired) electrons. The van der Waals surface area contributed by atoms with E-state index >= 15 is 0 Å². The van der Waals surface area contributed by atoms with Crippen LogP contribution in [0.3, 0.4) is 0 Å². The molecule has 0 atom stereocenters. The smallest absolute Gasteiger partial charge is 0.262 e. The first-order valence-electron chi connectivity index (χ1n) is 11.0. The average Bonchev–Trinajstić information content (AvgIpc) is 3.20. The Hall–Kier alpha value is -3.60. The highest BCUT2D eigenvalue weighted by molar-refractivity contribution is 5.91. The Balaban J connectivity index is 1.30. The van der Waals surface area contributed by atoms with Crippen molar-refractivity contribution in [3.63, 3.8) is 0 Å². The molecule has 32 heavy (non-hydrogen) atoms. The average molecular weight is 429 g/mol. The highest BCUT2D eigenvalue weighted by atomic mass is 16.5. The molecule has 1 amide bonds. The summed E-state index contributed by atoms with van der Waals surface area (Å²) >= 11 is 0. The SMILES string of the molecule is CCc1ccc2oc(Cc3ccc(NC(=O)COc4ccc(C(C)C)cc4)cc3)nc2c1. The standard InChI is InChI=1S/C27H28N2O3/c1-4-19-7-14-25-24(15-19)29-27(32-25)16-20-5-10-22(11-6-20)28-26(30)17-31-23-12-8-21(9-13-23)18(2)3/h5-15,18H,4,16-17H2,1-3H3,(H,28,30). The summed E-state index contributed by atoms with van der Waals surface area (Å²) < 4.78 is 11.5. The van der Waals surface area contributed by atoms with Gasteiger partial charge in [0.05, 0.1) is 0 Å². The van der Waals surface area contributed by atoms with Crippen molar-refractivity contribution < 1.29 is 13.9 Å². The second kappa shape index (κ2) is 9.69. The number of benzene rings is 3. The van der Waals surface area contributed by atoms with Crippen LogP contribution in [0, 0.1) is 0 Å². The monoisotopic (exact) mass is 428 g/mol. The van der Waals surface area contributed by atoms with Crippen LogP contribution < -0.4 is 10.1 Å². The number of carbonyl (C=O) groups is 1. The molecule has 0 bridgehead atoms. The van der Waals surface area contributed by atoms with Crippen LogP contribution >= 0.6 is 0 Å². The van der Waals surface area contributed by atoms with Crippen LogP contribution in [0.25, 0.3) is 11.1 Å². The first kappa shape index (κ1) is 21.6. The van der Waals surface area contributed by atoms with E-state index in [1.165, 1.54) is 11.1 Å². The van der Waals surface area contributed by atoms with Crippen molar-refractivity contribution in [1.29, 1.82) is 0 Å². The van der Waals surface area contributed by atoms with Gasteiger partial charge in [-0.1, -0.05) is 51.1 Å². The number of aryl methyl sites for hydroxylation is 1. The third kappa shape index (κ3) is 5.35. The molecule has 0 spiro atoms. The van der Waals surface area contributed by atoms with E-state index in [-0.39, 0.29) is 12.5 Å². The fraction of sp³-hybridized carbons (Fsp3) is 0.259. The lowest BCUT2D eigenvalue weighted by Gasteiger charge is -2.10. The summed E-state index contributed by atoms with van der Waals surface area (Å²) in [4.78, 5) is 16.8. The van der Waals surface area contributed by atoms with E-state index in [0.717, 1.165) is 28.8 Å². The second-order valence-electron chi connectivity index (χ2n) is 8.20. The second-order valence-corrected chi connectivity index (χ2v) is 8.20. The Labute approximate surface area is 188 Å². The lowest BCUT2D eigenvalue weighted by atomic mass is 10.0. The number of amides is 1. The number of fused-ring (bicyclic) bond motifs is 1. The Morgan fingerprint density at radius 1 is 1.00 bits per heavy atom. The molecular weight excluding hydrogens is 400 g/mol. The Morgan fingerprint density at radius 3 is 2.41 bits per heavy atom. The summed E-state index contributed by atoms with van der Waals surface area (Å²) in [6, 6.07) is 21.6. The van der Waals surface area contributed by atoms with E-state index in [9.17, 15) is 4.79 Å². The van der Waals surface area contributed by atoms with Crippen molar-refractivity contribution in [2.45, 2.75) is 39.5 Å². The molecule has 5 nitrogen and oxygen atoms in total. The molecule has 4 rings (SSSR count). The van der Waals surface area contributed by atoms with Gasteiger partial charge in [0.2, 0.25) is 0 Å². The van der Waals surface area contributed by atoms with Gasteiger partial charge in [0.25, 0.3) is 5.91 Å². The van der Waals surface area contributed by atoms with E-state index < -0.39 is 0 Å². The molecule has 1 aromatic heterocycles. The molecule has 0 aliphatic heterocycles. The third-order valence-electron chi connectivity index (χ3n) is 5.41. The summed E-state index contributed by atoms with van der Waals surface area (Å²) in [5, 5.41) is 2.86. The summed E-state index contributed by atoms with van der Waals surface area (Å²) in [7, 11) is 0. The number of oxazole rings is 1. The van der Waals surface area contributed by atoms with Gasteiger partial charge < -0.3 is 14.5 Å². The van der Waals surface area contributed by atoms with E-state index in [1.807, 2.05) is 54.6 Å². The minimum Gasteiger partial charge on any atom is -0.484 e. The molecule has 4 aromatic rings. The summed E-state index contributed by atoms with van der Waals surface area (Å²) in [6.07, 6.45) is 1.57. The van der Waals surface area contributed by atoms with Crippen LogP contribution in [-0.4, -0.2) is 17.5 Å². The van der Waals surface area contributed by atoms with Crippen molar-refractivity contribution >= 4 is 22.7 Å². The van der Waals surface area contributed by atoms with Crippen LogP contribution in [0.1, 0.15) is 49.3 Å². The van der Waals surface area contributed by atoms with Crippen molar-refractivity contribution in [3.05, 3.63) is 89.3 Å². The first-order chi connectivity index (χ1) is 15.5. The highest BCUT2D eigenvalue weighted by Crippen LogP contribution is 2.21. The topological polar surface area (TPSA) is 64.4 Å². The van der Waals surface area contributed by atoms with Crippen molar-refractivity contribution in [2.75, 3.05) is 11.9 Å². The molecule has 5 heteroatoms. The number of hydrogen-bond donors (Lipinski definition) is 1. The number of nitrogens with zero attached hydrogens (tertiary/aromatic N) is 1. The Kier molecular flexibility index (Phi) is 6.55. The molecule has 0 unspecified atom stereocenters. The minimum absolute atomic E-state index is 0.0363. The molecular formula is C27H28N2O3. The molecule has 164 valence electrons. The van der Waals surface area contributed by atoms with Gasteiger partial charge in [-0.15, -0.1) is 0 Å². The van der Waals surface area contributed by atoms with Gasteiger partial charge in [-0.25, -0.2) is 4.98 Å². The zero-order chi connectivity index (χ0) is 22.5. The number of hydrogen-bond acceptors (Lipinski definition) is 4. The maximum absolute atomic E-state index is 12.2. The number of rotatable bonds is 8. The van der Waals surface area contributed by atoms with Crippen LogP contribution in [-0.2, 0) is 17.6 Å². The molecule has 1 N–H and O–H groups in total. The zero-order valence-electron chi connectivity index (χ0n) is 18.7. The van der Waals surface area contributed by atoms with Gasteiger partial charge in [-0.2, -0.15) is 0 Å². The van der Waals surface area contributed by atoms with Crippen LogP contribution in [0.5, 0.6) is 5.75 Å². The number of anilines is 1. The molecule has 0 aliphatic carbocycles. The Bertz CT molecular complexity index is 1190. The fourth-order valence-electron chi connectivity index (χ4n) is 3.49. The predicted octanol–water partition coefficient (Wildman–Crippen LogP) is 6.12. The van der Waals surface area contributed by atoms with E-state index in [2.05, 4.69) is 43.2 Å². The van der Waals surface area contributed by atoms with Gasteiger partial charge >= 0.3 is 0 Å². The first-order valence-corrected chi connectivity index (χ1v) is 11.0. The summed E-state index contributed by atoms with van der Waals surface area (Å²) in [5.74, 6) is 1.63. The van der Waals surface area contributed by atoms with Gasteiger partial charge in [0.1, 0.15) is 11.3 Å². The van der Waals surface area contributed by atoms with Crippen LogP contribution in [0.4, 0.5) is 5.69 Å². The molecule has 0 saturated carbocycles.